The van der Waals surface area contributed by atoms with E-state index in [4.69, 9.17) is 0 Å². The van der Waals surface area contributed by atoms with Crippen molar-refractivity contribution in [1.82, 2.24) is 10.2 Å². The summed E-state index contributed by atoms with van der Waals surface area (Å²) in [7, 11) is -3.52. The molecule has 1 unspecified atom stereocenters. The molecule has 0 spiro atoms. The number of nitrogens with zero attached hydrogens (tertiary/aromatic N) is 2. The number of amides is 2. The van der Waals surface area contributed by atoms with Gasteiger partial charge < -0.3 is 10.2 Å². The SMILES string of the molecule is Cc1ccc(N(CCCC(=O)N(Cc2ccc(Br)cc2)C(C)C(=O)NCC(C)C)S(C)(=O)=O)cc1C. The molecule has 0 saturated carbocycles. The van der Waals surface area contributed by atoms with E-state index in [1.165, 1.54) is 10.6 Å². The summed E-state index contributed by atoms with van der Waals surface area (Å²) in [6.45, 7) is 10.7. The monoisotopic (exact) mass is 579 g/mol. The largest absolute Gasteiger partial charge is 0.354 e. The summed E-state index contributed by atoms with van der Waals surface area (Å²) in [6.07, 6.45) is 1.62. The van der Waals surface area contributed by atoms with Crippen LogP contribution < -0.4 is 9.62 Å². The molecule has 7 nitrogen and oxygen atoms in total. The number of anilines is 1. The standard InChI is InChI=1S/C27H38BrN3O4S/c1-19(2)17-29-27(33)22(5)30(18-23-10-12-24(28)13-11-23)26(32)8-7-15-31(36(6,34)35)25-14-9-20(3)21(4)16-25/h9-14,16,19,22H,7-8,15,17-18H2,1-6H3,(H,29,33). The third-order valence-corrected chi connectivity index (χ3v) is 7.77. The Balaban J connectivity index is 2.17. The van der Waals surface area contributed by atoms with Gasteiger partial charge in [0.15, 0.2) is 0 Å². The maximum absolute atomic E-state index is 13.3. The van der Waals surface area contributed by atoms with E-state index in [0.717, 1.165) is 21.2 Å². The number of aryl methyl sites for hydroxylation is 2. The third-order valence-electron chi connectivity index (χ3n) is 6.05. The minimum absolute atomic E-state index is 0.120. The van der Waals surface area contributed by atoms with Gasteiger partial charge in [0.1, 0.15) is 6.04 Å². The van der Waals surface area contributed by atoms with E-state index in [9.17, 15) is 18.0 Å². The van der Waals surface area contributed by atoms with Gasteiger partial charge in [0.25, 0.3) is 0 Å². The molecule has 0 aliphatic rings. The van der Waals surface area contributed by atoms with Crippen molar-refractivity contribution in [2.75, 3.05) is 23.7 Å². The van der Waals surface area contributed by atoms with Gasteiger partial charge in [-0.05, 0) is 74.1 Å². The van der Waals surface area contributed by atoms with Gasteiger partial charge in [-0.15, -0.1) is 0 Å². The van der Waals surface area contributed by atoms with Crippen molar-refractivity contribution in [2.24, 2.45) is 5.92 Å². The Morgan fingerprint density at radius 2 is 1.64 bits per heavy atom. The fourth-order valence-electron chi connectivity index (χ4n) is 3.71. The molecule has 0 fully saturated rings. The number of sulfonamides is 1. The van der Waals surface area contributed by atoms with Gasteiger partial charge in [-0.3, -0.25) is 13.9 Å². The lowest BCUT2D eigenvalue weighted by Crippen LogP contribution is -2.48. The van der Waals surface area contributed by atoms with Crippen molar-refractivity contribution in [3.8, 4) is 0 Å². The average molecular weight is 581 g/mol. The molecule has 1 N–H and O–H groups in total. The highest BCUT2D eigenvalue weighted by Crippen LogP contribution is 2.22. The molecule has 0 heterocycles. The molecule has 0 aliphatic carbocycles. The Morgan fingerprint density at radius 3 is 2.19 bits per heavy atom. The predicted octanol–water partition coefficient (Wildman–Crippen LogP) is 4.80. The van der Waals surface area contributed by atoms with Crippen LogP contribution >= 0.6 is 15.9 Å². The molecule has 0 saturated heterocycles. The summed E-state index contributed by atoms with van der Waals surface area (Å²) < 4.78 is 27.3. The summed E-state index contributed by atoms with van der Waals surface area (Å²) in [5, 5.41) is 2.91. The minimum atomic E-state index is -3.52. The number of hydrogen-bond donors (Lipinski definition) is 1. The number of carbonyl (C=O) groups is 2. The van der Waals surface area contributed by atoms with Crippen molar-refractivity contribution in [2.45, 2.75) is 60.0 Å². The molecule has 36 heavy (non-hydrogen) atoms. The van der Waals surface area contributed by atoms with Crippen LogP contribution in [0.2, 0.25) is 0 Å². The quantitative estimate of drug-likeness (QED) is 0.391. The zero-order valence-electron chi connectivity index (χ0n) is 22.0. The number of rotatable bonds is 12. The van der Waals surface area contributed by atoms with Crippen molar-refractivity contribution >= 4 is 43.5 Å². The van der Waals surface area contributed by atoms with E-state index in [-0.39, 0.29) is 31.3 Å². The molecule has 2 rings (SSSR count). The second kappa shape index (κ2) is 13.2. The zero-order valence-corrected chi connectivity index (χ0v) is 24.4. The van der Waals surface area contributed by atoms with Gasteiger partial charge in [-0.2, -0.15) is 0 Å². The Kier molecular flexibility index (Phi) is 11.0. The average Bonchev–Trinajstić information content (AvgIpc) is 2.80. The summed E-state index contributed by atoms with van der Waals surface area (Å²) in [5.41, 5.74) is 3.57. The molecule has 9 heteroatoms. The molecule has 2 amide bonds. The minimum Gasteiger partial charge on any atom is -0.354 e. The Morgan fingerprint density at radius 1 is 1.00 bits per heavy atom. The number of carbonyl (C=O) groups excluding carboxylic acids is 2. The van der Waals surface area contributed by atoms with Crippen LogP contribution in [0.15, 0.2) is 46.9 Å². The van der Waals surface area contributed by atoms with Crippen LogP contribution in [0.5, 0.6) is 0 Å². The van der Waals surface area contributed by atoms with Crippen LogP contribution in [0.3, 0.4) is 0 Å². The predicted molar refractivity (Wildman–Crippen MR) is 149 cm³/mol. The van der Waals surface area contributed by atoms with E-state index in [2.05, 4.69) is 21.2 Å². The number of benzene rings is 2. The van der Waals surface area contributed by atoms with Crippen LogP contribution in [0, 0.1) is 19.8 Å². The first-order valence-electron chi connectivity index (χ1n) is 12.2. The van der Waals surface area contributed by atoms with Crippen LogP contribution in [-0.2, 0) is 26.2 Å². The number of nitrogens with one attached hydrogen (secondary N) is 1. The van der Waals surface area contributed by atoms with Crippen LogP contribution in [0.25, 0.3) is 0 Å². The first kappa shape index (κ1) is 29.8. The summed E-state index contributed by atoms with van der Waals surface area (Å²) in [5.74, 6) is -0.107. The molecular formula is C27H38BrN3O4S. The van der Waals surface area contributed by atoms with Gasteiger partial charge in [0.05, 0.1) is 11.9 Å². The smallest absolute Gasteiger partial charge is 0.242 e. The first-order chi connectivity index (χ1) is 16.8. The molecule has 0 radical (unpaired) electrons. The van der Waals surface area contributed by atoms with Crippen LogP contribution in [0.1, 0.15) is 50.3 Å². The van der Waals surface area contributed by atoms with E-state index in [0.29, 0.717) is 24.6 Å². The third kappa shape index (κ3) is 8.92. The number of halogens is 1. The lowest BCUT2D eigenvalue weighted by atomic mass is 10.1. The van der Waals surface area contributed by atoms with Crippen molar-refractivity contribution in [1.29, 1.82) is 0 Å². The van der Waals surface area contributed by atoms with Gasteiger partial charge in [0, 0.05) is 30.5 Å². The van der Waals surface area contributed by atoms with Crippen molar-refractivity contribution in [3.05, 3.63) is 63.6 Å². The molecule has 2 aromatic carbocycles. The molecular weight excluding hydrogens is 542 g/mol. The highest BCUT2D eigenvalue weighted by Gasteiger charge is 2.26. The zero-order chi connectivity index (χ0) is 27.0. The maximum Gasteiger partial charge on any atom is 0.242 e. The Labute approximate surface area is 224 Å². The van der Waals surface area contributed by atoms with Gasteiger partial charge >= 0.3 is 0 Å². The van der Waals surface area contributed by atoms with Gasteiger partial charge in [0.2, 0.25) is 21.8 Å². The maximum atomic E-state index is 13.3. The topological polar surface area (TPSA) is 86.8 Å². The molecule has 0 aliphatic heterocycles. The van der Waals surface area contributed by atoms with Gasteiger partial charge in [-0.25, -0.2) is 8.42 Å². The van der Waals surface area contributed by atoms with E-state index in [1.807, 2.05) is 64.1 Å². The van der Waals surface area contributed by atoms with E-state index >= 15 is 0 Å². The lowest BCUT2D eigenvalue weighted by Gasteiger charge is -2.29. The fourth-order valence-corrected chi connectivity index (χ4v) is 4.93. The van der Waals surface area contributed by atoms with Crippen molar-refractivity contribution in [3.63, 3.8) is 0 Å². The molecule has 2 aromatic rings. The number of hydrogen-bond acceptors (Lipinski definition) is 4. The van der Waals surface area contributed by atoms with Crippen molar-refractivity contribution < 1.29 is 18.0 Å². The second-order valence-corrected chi connectivity index (χ2v) is 12.5. The van der Waals surface area contributed by atoms with Gasteiger partial charge in [-0.1, -0.05) is 48.0 Å². The molecule has 0 bridgehead atoms. The molecule has 198 valence electrons. The second-order valence-electron chi connectivity index (χ2n) is 9.67. The van der Waals surface area contributed by atoms with E-state index < -0.39 is 16.1 Å². The normalized spacial score (nSPS) is 12.3. The van der Waals surface area contributed by atoms with E-state index in [1.54, 1.807) is 17.9 Å². The lowest BCUT2D eigenvalue weighted by molar-refractivity contribution is -0.140. The first-order valence-corrected chi connectivity index (χ1v) is 14.8. The Bertz CT molecular complexity index is 1150. The molecule has 1 atom stereocenters. The summed E-state index contributed by atoms with van der Waals surface area (Å²) >= 11 is 3.42. The fraction of sp³-hybridized carbons (Fsp3) is 0.481. The highest BCUT2D eigenvalue weighted by atomic mass is 79.9. The summed E-state index contributed by atoms with van der Waals surface area (Å²) in [4.78, 5) is 27.7. The Hall–Kier alpha value is -2.39. The summed E-state index contributed by atoms with van der Waals surface area (Å²) in [6, 6.07) is 12.5. The van der Waals surface area contributed by atoms with Crippen LogP contribution in [-0.4, -0.2) is 50.5 Å². The molecule has 0 aromatic heterocycles. The highest BCUT2D eigenvalue weighted by molar-refractivity contribution is 9.10. The van der Waals surface area contributed by atoms with Crippen LogP contribution in [0.4, 0.5) is 5.69 Å².